The van der Waals surface area contributed by atoms with Crippen LogP contribution in [0.2, 0.25) is 0 Å². The second kappa shape index (κ2) is 7.08. The maximum absolute atomic E-state index is 13.6. The number of benzene rings is 2. The molecular weight excluding hydrogens is 318 g/mol. The predicted octanol–water partition coefficient (Wildman–Crippen LogP) is 2.78. The normalized spacial score (nSPS) is 11.7. The molecule has 1 atom stereocenters. The van der Waals surface area contributed by atoms with Crippen molar-refractivity contribution < 1.29 is 23.1 Å². The average molecular weight is 334 g/mol. The van der Waals surface area contributed by atoms with E-state index in [1.54, 1.807) is 19.1 Å². The van der Waals surface area contributed by atoms with E-state index in [1.807, 2.05) is 0 Å². The van der Waals surface area contributed by atoms with Crippen LogP contribution in [0.3, 0.4) is 0 Å². The fraction of sp³-hybridized carbons (Fsp3) is 0.176. The average Bonchev–Trinajstić information content (AvgIpc) is 2.49. The maximum atomic E-state index is 13.6. The van der Waals surface area contributed by atoms with E-state index in [0.29, 0.717) is 6.07 Å². The number of nitrogens with one attached hydrogen (secondary N) is 1. The summed E-state index contributed by atoms with van der Waals surface area (Å²) in [5.74, 6) is -2.84. The third kappa shape index (κ3) is 4.07. The van der Waals surface area contributed by atoms with Gasteiger partial charge in [0.25, 0.3) is 11.8 Å². The number of hydrogen-bond donors (Lipinski definition) is 2. The van der Waals surface area contributed by atoms with E-state index < -0.39 is 29.6 Å². The third-order valence-electron chi connectivity index (χ3n) is 3.26. The summed E-state index contributed by atoms with van der Waals surface area (Å²) in [6.07, 6.45) is -1.03. The topological polar surface area (TPSA) is 81.4 Å². The molecule has 0 saturated heterocycles. The molecule has 0 aliphatic rings. The van der Waals surface area contributed by atoms with Crippen molar-refractivity contribution in [1.29, 1.82) is 0 Å². The molecule has 0 heterocycles. The zero-order chi connectivity index (χ0) is 17.9. The number of carbonyl (C=O) groups excluding carboxylic acids is 2. The van der Waals surface area contributed by atoms with Gasteiger partial charge in [0.15, 0.2) is 6.10 Å². The Hall–Kier alpha value is -2.96. The van der Waals surface area contributed by atoms with Gasteiger partial charge in [0.05, 0.1) is 11.3 Å². The summed E-state index contributed by atoms with van der Waals surface area (Å²) in [5, 5.41) is 2.30. The number of nitrogens with two attached hydrogens (primary N) is 1. The molecule has 2 rings (SSSR count). The van der Waals surface area contributed by atoms with Gasteiger partial charge in [-0.2, -0.15) is 0 Å². The van der Waals surface area contributed by atoms with Gasteiger partial charge in [-0.05, 0) is 43.7 Å². The zero-order valence-electron chi connectivity index (χ0n) is 13.1. The SMILES string of the molecule is Cc1ccc(C(N)=O)c(OC(C)C(=O)Nc2ccc(F)cc2F)c1. The number of aryl methyl sites for hydroxylation is 1. The van der Waals surface area contributed by atoms with Gasteiger partial charge in [0, 0.05) is 6.07 Å². The van der Waals surface area contributed by atoms with E-state index in [1.165, 1.54) is 13.0 Å². The molecule has 0 saturated carbocycles. The van der Waals surface area contributed by atoms with Crippen molar-refractivity contribution in [3.05, 3.63) is 59.2 Å². The fourth-order valence-corrected chi connectivity index (χ4v) is 2.00. The summed E-state index contributed by atoms with van der Waals surface area (Å²) in [6, 6.07) is 7.55. The Balaban J connectivity index is 2.14. The lowest BCUT2D eigenvalue weighted by Crippen LogP contribution is -2.31. The van der Waals surface area contributed by atoms with Crippen LogP contribution in [0.15, 0.2) is 36.4 Å². The van der Waals surface area contributed by atoms with E-state index >= 15 is 0 Å². The molecule has 24 heavy (non-hydrogen) atoms. The summed E-state index contributed by atoms with van der Waals surface area (Å²) in [5.41, 5.74) is 6.04. The molecule has 0 aliphatic heterocycles. The second-order valence-electron chi connectivity index (χ2n) is 5.24. The number of halogens is 2. The Morgan fingerprint density at radius 3 is 2.50 bits per heavy atom. The Bertz CT molecular complexity index is 793. The molecule has 0 bridgehead atoms. The minimum absolute atomic E-state index is 0.133. The van der Waals surface area contributed by atoms with E-state index in [0.717, 1.165) is 17.7 Å². The number of amides is 2. The number of carbonyl (C=O) groups is 2. The molecule has 3 N–H and O–H groups in total. The number of rotatable bonds is 5. The molecule has 2 amide bonds. The Labute approximate surface area is 137 Å². The Morgan fingerprint density at radius 2 is 1.88 bits per heavy atom. The van der Waals surface area contributed by atoms with Crippen molar-refractivity contribution in [2.45, 2.75) is 20.0 Å². The quantitative estimate of drug-likeness (QED) is 0.882. The maximum Gasteiger partial charge on any atom is 0.265 e. The van der Waals surface area contributed by atoms with Crippen molar-refractivity contribution in [2.75, 3.05) is 5.32 Å². The molecular formula is C17H16F2N2O3. The van der Waals surface area contributed by atoms with Crippen LogP contribution >= 0.6 is 0 Å². The first-order valence-electron chi connectivity index (χ1n) is 7.11. The van der Waals surface area contributed by atoms with Crippen LogP contribution in [-0.4, -0.2) is 17.9 Å². The van der Waals surface area contributed by atoms with Crippen molar-refractivity contribution in [3.63, 3.8) is 0 Å². The monoisotopic (exact) mass is 334 g/mol. The number of ether oxygens (including phenoxy) is 1. The minimum atomic E-state index is -1.03. The zero-order valence-corrected chi connectivity index (χ0v) is 13.1. The molecule has 2 aromatic carbocycles. The van der Waals surface area contributed by atoms with Crippen molar-refractivity contribution >= 4 is 17.5 Å². The van der Waals surface area contributed by atoms with Gasteiger partial charge in [-0.25, -0.2) is 8.78 Å². The van der Waals surface area contributed by atoms with Crippen molar-refractivity contribution in [3.8, 4) is 5.75 Å². The van der Waals surface area contributed by atoms with E-state index in [4.69, 9.17) is 10.5 Å². The Kier molecular flexibility index (Phi) is 5.13. The summed E-state index contributed by atoms with van der Waals surface area (Å²) in [6.45, 7) is 3.22. The van der Waals surface area contributed by atoms with Gasteiger partial charge in [-0.15, -0.1) is 0 Å². The number of hydrogen-bond acceptors (Lipinski definition) is 3. The molecule has 0 aliphatic carbocycles. The highest BCUT2D eigenvalue weighted by molar-refractivity contribution is 5.97. The minimum Gasteiger partial charge on any atom is -0.480 e. The van der Waals surface area contributed by atoms with Crippen LogP contribution in [-0.2, 0) is 4.79 Å². The third-order valence-corrected chi connectivity index (χ3v) is 3.26. The lowest BCUT2D eigenvalue weighted by molar-refractivity contribution is -0.122. The largest absolute Gasteiger partial charge is 0.480 e. The van der Waals surface area contributed by atoms with Gasteiger partial charge in [0.1, 0.15) is 17.4 Å². The van der Waals surface area contributed by atoms with Gasteiger partial charge in [-0.3, -0.25) is 9.59 Å². The fourth-order valence-electron chi connectivity index (χ4n) is 2.00. The number of primary amides is 1. The first kappa shape index (κ1) is 17.4. The molecule has 0 radical (unpaired) electrons. The van der Waals surface area contributed by atoms with Crippen LogP contribution in [0.4, 0.5) is 14.5 Å². The molecule has 2 aromatic rings. The molecule has 1 unspecified atom stereocenters. The highest BCUT2D eigenvalue weighted by Crippen LogP contribution is 2.22. The van der Waals surface area contributed by atoms with Crippen LogP contribution in [0, 0.1) is 18.6 Å². The summed E-state index contributed by atoms with van der Waals surface area (Å²) in [7, 11) is 0. The van der Waals surface area contributed by atoms with Crippen LogP contribution in [0.25, 0.3) is 0 Å². The van der Waals surface area contributed by atoms with Crippen molar-refractivity contribution in [1.82, 2.24) is 0 Å². The molecule has 0 aromatic heterocycles. The first-order chi connectivity index (χ1) is 11.3. The van der Waals surface area contributed by atoms with Gasteiger partial charge < -0.3 is 15.8 Å². The standard InChI is InChI=1S/C17H16F2N2O3/c1-9-3-5-12(16(20)22)15(7-9)24-10(2)17(23)21-14-6-4-11(18)8-13(14)19/h3-8,10H,1-2H3,(H2,20,22)(H,21,23). The summed E-state index contributed by atoms with van der Waals surface area (Å²) < 4.78 is 31.9. The van der Waals surface area contributed by atoms with Crippen LogP contribution < -0.4 is 15.8 Å². The van der Waals surface area contributed by atoms with Gasteiger partial charge >= 0.3 is 0 Å². The predicted molar refractivity (Wildman–Crippen MR) is 84.8 cm³/mol. The molecule has 7 heteroatoms. The lowest BCUT2D eigenvalue weighted by atomic mass is 10.1. The van der Waals surface area contributed by atoms with Crippen LogP contribution in [0.1, 0.15) is 22.8 Å². The highest BCUT2D eigenvalue weighted by atomic mass is 19.1. The van der Waals surface area contributed by atoms with E-state index in [9.17, 15) is 18.4 Å². The molecule has 126 valence electrons. The summed E-state index contributed by atoms with van der Waals surface area (Å²) >= 11 is 0. The van der Waals surface area contributed by atoms with E-state index in [2.05, 4.69) is 5.32 Å². The van der Waals surface area contributed by atoms with Gasteiger partial charge in [0.2, 0.25) is 0 Å². The number of anilines is 1. The summed E-state index contributed by atoms with van der Waals surface area (Å²) in [4.78, 5) is 23.5. The molecule has 0 fully saturated rings. The lowest BCUT2D eigenvalue weighted by Gasteiger charge is -2.17. The molecule has 5 nitrogen and oxygen atoms in total. The van der Waals surface area contributed by atoms with Gasteiger partial charge in [-0.1, -0.05) is 6.07 Å². The highest BCUT2D eigenvalue weighted by Gasteiger charge is 2.19. The van der Waals surface area contributed by atoms with E-state index in [-0.39, 0.29) is 17.0 Å². The van der Waals surface area contributed by atoms with Crippen LogP contribution in [0.5, 0.6) is 5.75 Å². The first-order valence-corrected chi connectivity index (χ1v) is 7.11. The smallest absolute Gasteiger partial charge is 0.265 e. The second-order valence-corrected chi connectivity index (χ2v) is 5.24. The molecule has 0 spiro atoms. The van der Waals surface area contributed by atoms with Crippen molar-refractivity contribution in [2.24, 2.45) is 5.73 Å². The Morgan fingerprint density at radius 1 is 1.17 bits per heavy atom.